The van der Waals surface area contributed by atoms with Crippen molar-refractivity contribution < 1.29 is 27.4 Å². The second-order valence-electron chi connectivity index (χ2n) is 6.01. The molecule has 2 heterocycles. The minimum atomic E-state index is -4.44. The second kappa shape index (κ2) is 7.71. The Bertz CT molecular complexity index is 1160. The van der Waals surface area contributed by atoms with E-state index >= 15 is 0 Å². The average molecular weight is 489 g/mol. The van der Waals surface area contributed by atoms with Gasteiger partial charge in [-0.15, -0.1) is 23.2 Å². The molecule has 0 saturated heterocycles. The highest BCUT2D eigenvalue weighted by Crippen LogP contribution is 2.35. The Morgan fingerprint density at radius 2 is 2.10 bits per heavy atom. The van der Waals surface area contributed by atoms with Crippen molar-refractivity contribution in [2.24, 2.45) is 0 Å². The highest BCUT2D eigenvalue weighted by atomic mass is 35.5. The zero-order valence-electron chi connectivity index (χ0n) is 14.6. The van der Waals surface area contributed by atoms with Gasteiger partial charge in [-0.05, 0) is 12.1 Å². The van der Waals surface area contributed by atoms with Gasteiger partial charge >= 0.3 is 11.8 Å². The third-order valence-electron chi connectivity index (χ3n) is 4.25. The molecule has 0 radical (unpaired) electrons. The number of aromatic hydroxyl groups is 1. The van der Waals surface area contributed by atoms with E-state index in [1.807, 2.05) is 0 Å². The van der Waals surface area contributed by atoms with Gasteiger partial charge in [0.1, 0.15) is 11.0 Å². The number of carbonyl (C=O) groups excluding carboxylic acids is 1. The first-order chi connectivity index (χ1) is 13.5. The van der Waals surface area contributed by atoms with Gasteiger partial charge in [-0.2, -0.15) is 4.31 Å². The van der Waals surface area contributed by atoms with Crippen LogP contribution in [0.25, 0.3) is 5.69 Å². The summed E-state index contributed by atoms with van der Waals surface area (Å²) in [4.78, 5) is 24.7. The van der Waals surface area contributed by atoms with Gasteiger partial charge in [0.15, 0.2) is 0 Å². The zero-order chi connectivity index (χ0) is 21.7. The first kappa shape index (κ1) is 21.8. The molecule has 0 bridgehead atoms. The molecule has 9 nitrogen and oxygen atoms in total. The van der Waals surface area contributed by atoms with Crippen LogP contribution >= 0.6 is 34.8 Å². The number of ether oxygens (including phenoxy) is 1. The minimum Gasteiger partial charge on any atom is -0.493 e. The van der Waals surface area contributed by atoms with Gasteiger partial charge in [-0.25, -0.2) is 27.0 Å². The fraction of sp³-hybridized carbons (Fsp3) is 0.333. The van der Waals surface area contributed by atoms with Crippen LogP contribution in [0, 0.1) is 5.82 Å². The third kappa shape index (κ3) is 3.56. The summed E-state index contributed by atoms with van der Waals surface area (Å²) in [6, 6.07) is 1.53. The number of fused-ring (bicyclic) bond motifs is 1. The van der Waals surface area contributed by atoms with Gasteiger partial charge in [-0.1, -0.05) is 11.6 Å². The number of nitrogens with zero attached hydrogens (tertiary/aromatic N) is 3. The number of hydrogen-bond donors (Lipinski definition) is 1. The number of anilines is 1. The van der Waals surface area contributed by atoms with Gasteiger partial charge in [0, 0.05) is 13.0 Å². The summed E-state index contributed by atoms with van der Waals surface area (Å²) >= 11 is 17.4. The molecule has 29 heavy (non-hydrogen) atoms. The maximum Gasteiger partial charge on any atom is 0.428 e. The summed E-state index contributed by atoms with van der Waals surface area (Å²) in [5.41, 5.74) is -1.64. The van der Waals surface area contributed by atoms with E-state index in [0.717, 1.165) is 13.2 Å². The lowest BCUT2D eigenvalue weighted by Crippen LogP contribution is -2.38. The molecule has 0 saturated carbocycles. The Morgan fingerprint density at radius 1 is 1.45 bits per heavy atom. The van der Waals surface area contributed by atoms with Crippen LogP contribution in [0.5, 0.6) is 5.88 Å². The van der Waals surface area contributed by atoms with Crippen molar-refractivity contribution in [1.82, 2.24) is 9.13 Å². The molecule has 0 unspecified atom stereocenters. The second-order valence-corrected chi connectivity index (χ2v) is 9.44. The summed E-state index contributed by atoms with van der Waals surface area (Å²) in [5.74, 6) is -1.61. The Labute approximate surface area is 178 Å². The Morgan fingerprint density at radius 3 is 2.66 bits per heavy atom. The van der Waals surface area contributed by atoms with E-state index < -0.39 is 60.5 Å². The number of methoxy groups -OCH3 is 1. The van der Waals surface area contributed by atoms with Gasteiger partial charge in [-0.3, -0.25) is 4.57 Å². The van der Waals surface area contributed by atoms with Crippen LogP contribution in [0.15, 0.2) is 16.9 Å². The third-order valence-corrected chi connectivity index (χ3v) is 6.85. The first-order valence-electron chi connectivity index (χ1n) is 7.87. The lowest BCUT2D eigenvalue weighted by atomic mass is 10.2. The zero-order valence-corrected chi connectivity index (χ0v) is 17.7. The molecule has 158 valence electrons. The highest BCUT2D eigenvalue weighted by molar-refractivity contribution is 7.94. The van der Waals surface area contributed by atoms with E-state index in [4.69, 9.17) is 34.8 Å². The standard InChI is InChI=1S/C15H13Cl3FN3O6S/c1-28-15(25)22(29(26,27)6-16)10-4-11(9(19)3-8(10)18)21-13(23)12-2-7(17)5-20(12)14(21)24/h3-4,7,23H,2,5-6H2,1H3/t7-/m0/s1. The summed E-state index contributed by atoms with van der Waals surface area (Å²) in [6.07, 6.45) is -1.18. The quantitative estimate of drug-likeness (QED) is 0.662. The number of alkyl halides is 2. The van der Waals surface area contributed by atoms with E-state index in [1.165, 1.54) is 4.57 Å². The Balaban J connectivity index is 2.27. The van der Waals surface area contributed by atoms with Crippen molar-refractivity contribution >= 4 is 56.6 Å². The number of amides is 1. The monoisotopic (exact) mass is 487 g/mol. The SMILES string of the molecule is COC(=O)N(c1cc(-n2c(O)c3n(c2=O)C[C@@H](Cl)C3)c(F)cc1Cl)S(=O)(=O)CCl. The lowest BCUT2D eigenvalue weighted by Gasteiger charge is -2.22. The Kier molecular flexibility index (Phi) is 5.78. The minimum absolute atomic E-state index is 0.104. The molecule has 1 aliphatic heterocycles. The molecule has 1 aliphatic rings. The van der Waals surface area contributed by atoms with Crippen molar-refractivity contribution in [1.29, 1.82) is 0 Å². The summed E-state index contributed by atoms with van der Waals surface area (Å²) in [7, 11) is -3.51. The fourth-order valence-corrected chi connectivity index (χ4v) is 4.71. The van der Waals surface area contributed by atoms with Gasteiger partial charge in [0.05, 0.1) is 34.6 Å². The predicted molar refractivity (Wildman–Crippen MR) is 105 cm³/mol. The molecule has 1 atom stereocenters. The smallest absolute Gasteiger partial charge is 0.428 e. The summed E-state index contributed by atoms with van der Waals surface area (Å²) < 4.78 is 45.6. The largest absolute Gasteiger partial charge is 0.493 e. The highest BCUT2D eigenvalue weighted by Gasteiger charge is 2.34. The normalized spacial score (nSPS) is 16.0. The van der Waals surface area contributed by atoms with Gasteiger partial charge < -0.3 is 9.84 Å². The molecule has 1 aromatic carbocycles. The predicted octanol–water partition coefficient (Wildman–Crippen LogP) is 2.40. The number of aromatic nitrogens is 2. The molecule has 0 aliphatic carbocycles. The van der Waals surface area contributed by atoms with Crippen LogP contribution in [0.4, 0.5) is 14.9 Å². The molecular weight excluding hydrogens is 476 g/mol. The van der Waals surface area contributed by atoms with Crippen LogP contribution in [-0.2, 0) is 27.7 Å². The van der Waals surface area contributed by atoms with Crippen LogP contribution in [0.3, 0.4) is 0 Å². The first-order valence-corrected chi connectivity index (χ1v) is 10.8. The van der Waals surface area contributed by atoms with Gasteiger partial charge in [0.2, 0.25) is 5.88 Å². The fourth-order valence-electron chi connectivity index (χ4n) is 3.00. The lowest BCUT2D eigenvalue weighted by molar-refractivity contribution is 0.183. The number of rotatable bonds is 4. The number of sulfonamides is 1. The van der Waals surface area contributed by atoms with Crippen molar-refractivity contribution in [2.45, 2.75) is 18.3 Å². The Hall–Kier alpha value is -1.95. The van der Waals surface area contributed by atoms with E-state index in [2.05, 4.69) is 4.74 Å². The van der Waals surface area contributed by atoms with Crippen LogP contribution in [-0.4, -0.2) is 46.5 Å². The molecule has 0 fully saturated rings. The van der Waals surface area contributed by atoms with E-state index in [1.54, 1.807) is 0 Å². The number of halogens is 4. The van der Waals surface area contributed by atoms with Gasteiger partial charge in [0.25, 0.3) is 10.0 Å². The number of benzene rings is 1. The maximum atomic E-state index is 14.6. The van der Waals surface area contributed by atoms with Crippen molar-refractivity contribution in [3.63, 3.8) is 0 Å². The number of carbonyl (C=O) groups is 1. The number of hydrogen-bond acceptors (Lipinski definition) is 6. The van der Waals surface area contributed by atoms with Crippen molar-refractivity contribution in [3.05, 3.63) is 39.2 Å². The summed E-state index contributed by atoms with van der Waals surface area (Å²) in [6.45, 7) is 0.104. The maximum absolute atomic E-state index is 14.6. The molecule has 1 aromatic heterocycles. The van der Waals surface area contributed by atoms with E-state index in [0.29, 0.717) is 10.6 Å². The number of imidazole rings is 1. The van der Waals surface area contributed by atoms with Crippen LogP contribution in [0.2, 0.25) is 5.02 Å². The summed E-state index contributed by atoms with van der Waals surface area (Å²) in [5, 5.41) is 8.54. The topological polar surface area (TPSA) is 111 Å². The average Bonchev–Trinajstić information content (AvgIpc) is 3.15. The van der Waals surface area contributed by atoms with Crippen molar-refractivity contribution in [2.75, 3.05) is 16.6 Å². The molecule has 2 aromatic rings. The van der Waals surface area contributed by atoms with E-state index in [9.17, 15) is 27.5 Å². The van der Waals surface area contributed by atoms with Crippen LogP contribution < -0.4 is 9.99 Å². The molecule has 1 amide bonds. The molecular formula is C15H13Cl3FN3O6S. The van der Waals surface area contributed by atoms with Crippen molar-refractivity contribution in [3.8, 4) is 11.6 Å². The molecule has 14 heteroatoms. The molecule has 3 rings (SSSR count). The van der Waals surface area contributed by atoms with E-state index in [-0.39, 0.29) is 23.0 Å². The van der Waals surface area contributed by atoms with Crippen LogP contribution in [0.1, 0.15) is 5.69 Å². The molecule has 0 spiro atoms. The molecule has 1 N–H and O–H groups in total.